The summed E-state index contributed by atoms with van der Waals surface area (Å²) < 4.78 is 1.57. The Labute approximate surface area is 128 Å². The largest absolute Gasteiger partial charge is 0.341 e. The van der Waals surface area contributed by atoms with Crippen molar-refractivity contribution in [2.45, 2.75) is 6.54 Å². The van der Waals surface area contributed by atoms with Crippen LogP contribution in [0.2, 0.25) is 0 Å². The third-order valence-electron chi connectivity index (χ3n) is 4.20. The first-order valence-electron chi connectivity index (χ1n) is 7.38. The van der Waals surface area contributed by atoms with Gasteiger partial charge in [0.1, 0.15) is 0 Å². The number of nitrogens with zero attached hydrogens (tertiary/aromatic N) is 3. The molecule has 2 saturated heterocycles. The number of aryl methyl sites for hydroxylation is 1. The number of carbonyl (C=O) groups is 1. The molecule has 5 nitrogen and oxygen atoms in total. The van der Waals surface area contributed by atoms with Crippen molar-refractivity contribution in [3.05, 3.63) is 34.2 Å². The van der Waals surface area contributed by atoms with E-state index in [-0.39, 0.29) is 11.5 Å². The van der Waals surface area contributed by atoms with Crippen molar-refractivity contribution in [3.8, 4) is 0 Å². The summed E-state index contributed by atoms with van der Waals surface area (Å²) in [4.78, 5) is 28.1. The van der Waals surface area contributed by atoms with Gasteiger partial charge in [-0.25, -0.2) is 0 Å². The molecule has 0 N–H and O–H groups in total. The van der Waals surface area contributed by atoms with E-state index in [2.05, 4.69) is 4.90 Å². The Kier molecular flexibility index (Phi) is 4.35. The number of carbonyl (C=O) groups excluding carboxylic acids is 1. The van der Waals surface area contributed by atoms with Gasteiger partial charge in [-0.05, 0) is 11.6 Å². The number of hydrogen-bond donors (Lipinski definition) is 0. The second kappa shape index (κ2) is 6.23. The summed E-state index contributed by atoms with van der Waals surface area (Å²) in [6.07, 6.45) is 1.80. The maximum atomic E-state index is 12.3. The van der Waals surface area contributed by atoms with Crippen LogP contribution >= 0.6 is 11.8 Å². The highest BCUT2D eigenvalue weighted by Crippen LogP contribution is 2.22. The van der Waals surface area contributed by atoms with Crippen LogP contribution < -0.4 is 5.56 Å². The first kappa shape index (κ1) is 14.7. The molecule has 3 heterocycles. The lowest BCUT2D eigenvalue weighted by Crippen LogP contribution is -2.55. The topological polar surface area (TPSA) is 45.6 Å². The van der Waals surface area contributed by atoms with Crippen LogP contribution in [0.15, 0.2) is 23.1 Å². The minimum Gasteiger partial charge on any atom is -0.341 e. The molecule has 0 unspecified atom stereocenters. The van der Waals surface area contributed by atoms with Gasteiger partial charge in [0.25, 0.3) is 5.56 Å². The molecule has 1 aromatic heterocycles. The molecule has 2 aliphatic rings. The van der Waals surface area contributed by atoms with Gasteiger partial charge in [-0.1, -0.05) is 0 Å². The van der Waals surface area contributed by atoms with E-state index in [1.807, 2.05) is 22.7 Å². The highest BCUT2D eigenvalue weighted by molar-refractivity contribution is 7.99. The van der Waals surface area contributed by atoms with Gasteiger partial charge in [0.05, 0.1) is 5.92 Å². The second-order valence-electron chi connectivity index (χ2n) is 5.81. The highest BCUT2D eigenvalue weighted by atomic mass is 32.2. The number of thioether (sulfide) groups is 1. The lowest BCUT2D eigenvalue weighted by Gasteiger charge is -2.41. The molecular formula is C15H21N3O2S. The van der Waals surface area contributed by atoms with Crippen LogP contribution in [-0.4, -0.2) is 58.0 Å². The van der Waals surface area contributed by atoms with Gasteiger partial charge in [-0.15, -0.1) is 0 Å². The molecule has 0 aromatic carbocycles. The normalized spacial score (nSPS) is 20.3. The molecular weight excluding hydrogens is 286 g/mol. The van der Waals surface area contributed by atoms with Crippen LogP contribution in [0.1, 0.15) is 5.56 Å². The van der Waals surface area contributed by atoms with E-state index in [1.54, 1.807) is 23.9 Å². The summed E-state index contributed by atoms with van der Waals surface area (Å²) >= 11 is 1.92. The monoisotopic (exact) mass is 307 g/mol. The van der Waals surface area contributed by atoms with Crippen LogP contribution in [0.5, 0.6) is 0 Å². The van der Waals surface area contributed by atoms with E-state index < -0.39 is 0 Å². The fourth-order valence-corrected chi connectivity index (χ4v) is 3.75. The molecule has 0 saturated carbocycles. The summed E-state index contributed by atoms with van der Waals surface area (Å²) in [5.41, 5.74) is 1.05. The van der Waals surface area contributed by atoms with Gasteiger partial charge in [0.15, 0.2) is 0 Å². The Bertz CT molecular complexity index is 575. The SMILES string of the molecule is Cn1ccc(CN2CC(C(=O)N3CCSCC3)C2)cc1=O. The fraction of sp³-hybridized carbons (Fsp3) is 0.600. The lowest BCUT2D eigenvalue weighted by atomic mass is 9.97. The Morgan fingerprint density at radius 3 is 2.71 bits per heavy atom. The molecule has 2 aliphatic heterocycles. The number of pyridine rings is 1. The Morgan fingerprint density at radius 1 is 1.33 bits per heavy atom. The van der Waals surface area contributed by atoms with Crippen LogP contribution in [0.25, 0.3) is 0 Å². The average molecular weight is 307 g/mol. The van der Waals surface area contributed by atoms with Gasteiger partial charge < -0.3 is 9.47 Å². The van der Waals surface area contributed by atoms with Crippen molar-refractivity contribution in [3.63, 3.8) is 0 Å². The zero-order chi connectivity index (χ0) is 14.8. The summed E-state index contributed by atoms with van der Waals surface area (Å²) in [5.74, 6) is 2.60. The molecule has 0 aliphatic carbocycles. The number of amides is 1. The van der Waals surface area contributed by atoms with Gasteiger partial charge in [-0.2, -0.15) is 11.8 Å². The second-order valence-corrected chi connectivity index (χ2v) is 7.04. The van der Waals surface area contributed by atoms with E-state index in [0.717, 1.165) is 49.8 Å². The van der Waals surface area contributed by atoms with Crippen molar-refractivity contribution in [2.24, 2.45) is 13.0 Å². The smallest absolute Gasteiger partial charge is 0.250 e. The zero-order valence-electron chi connectivity index (χ0n) is 12.3. The molecule has 0 bridgehead atoms. The first-order valence-corrected chi connectivity index (χ1v) is 8.53. The number of likely N-dealkylation sites (tertiary alicyclic amines) is 1. The number of aromatic nitrogens is 1. The van der Waals surface area contributed by atoms with Crippen molar-refractivity contribution >= 4 is 17.7 Å². The average Bonchev–Trinajstić information content (AvgIpc) is 2.46. The Morgan fingerprint density at radius 2 is 2.05 bits per heavy atom. The van der Waals surface area contributed by atoms with E-state index in [0.29, 0.717) is 5.91 Å². The molecule has 0 spiro atoms. The lowest BCUT2D eigenvalue weighted by molar-refractivity contribution is -0.141. The van der Waals surface area contributed by atoms with Gasteiger partial charge >= 0.3 is 0 Å². The van der Waals surface area contributed by atoms with Crippen molar-refractivity contribution in [1.29, 1.82) is 0 Å². The van der Waals surface area contributed by atoms with E-state index in [9.17, 15) is 9.59 Å². The fourth-order valence-electron chi connectivity index (χ4n) is 2.84. The van der Waals surface area contributed by atoms with Gasteiger partial charge in [0.2, 0.25) is 5.91 Å². The standard InChI is InChI=1S/C15H21N3O2S/c1-16-3-2-12(8-14(16)19)9-17-10-13(11-17)15(20)18-4-6-21-7-5-18/h2-3,8,13H,4-7,9-11H2,1H3. The molecule has 3 rings (SSSR count). The summed E-state index contributed by atoms with van der Waals surface area (Å²) in [5, 5.41) is 0. The van der Waals surface area contributed by atoms with Crippen LogP contribution in [0, 0.1) is 5.92 Å². The van der Waals surface area contributed by atoms with Gasteiger partial charge in [0, 0.05) is 63.5 Å². The summed E-state index contributed by atoms with van der Waals surface area (Å²) in [6, 6.07) is 3.65. The first-order chi connectivity index (χ1) is 10.1. The van der Waals surface area contributed by atoms with Crippen molar-refractivity contribution < 1.29 is 4.79 Å². The predicted molar refractivity (Wildman–Crippen MR) is 84.4 cm³/mol. The van der Waals surface area contributed by atoms with Crippen molar-refractivity contribution in [2.75, 3.05) is 37.7 Å². The Balaban J connectivity index is 1.50. The zero-order valence-corrected chi connectivity index (χ0v) is 13.1. The minimum absolute atomic E-state index is 0.0199. The maximum Gasteiger partial charge on any atom is 0.250 e. The number of rotatable bonds is 3. The highest BCUT2D eigenvalue weighted by Gasteiger charge is 2.35. The molecule has 6 heteroatoms. The third kappa shape index (κ3) is 3.32. The third-order valence-corrected chi connectivity index (χ3v) is 5.15. The van der Waals surface area contributed by atoms with E-state index in [1.165, 1.54) is 0 Å². The molecule has 0 radical (unpaired) electrons. The van der Waals surface area contributed by atoms with Crippen LogP contribution in [-0.2, 0) is 18.4 Å². The Hall–Kier alpha value is -1.27. The minimum atomic E-state index is 0.0199. The summed E-state index contributed by atoms with van der Waals surface area (Å²) in [7, 11) is 1.75. The van der Waals surface area contributed by atoms with Crippen LogP contribution in [0.3, 0.4) is 0 Å². The quantitative estimate of drug-likeness (QED) is 0.810. The molecule has 21 heavy (non-hydrogen) atoms. The van der Waals surface area contributed by atoms with E-state index in [4.69, 9.17) is 0 Å². The number of hydrogen-bond acceptors (Lipinski definition) is 4. The maximum absolute atomic E-state index is 12.3. The van der Waals surface area contributed by atoms with Crippen LogP contribution in [0.4, 0.5) is 0 Å². The predicted octanol–water partition coefficient (Wildman–Crippen LogP) is 0.393. The van der Waals surface area contributed by atoms with Gasteiger partial charge in [-0.3, -0.25) is 14.5 Å². The molecule has 114 valence electrons. The molecule has 0 atom stereocenters. The molecule has 1 aromatic rings. The molecule has 2 fully saturated rings. The summed E-state index contributed by atoms with van der Waals surface area (Å²) in [6.45, 7) is 4.19. The van der Waals surface area contributed by atoms with E-state index >= 15 is 0 Å². The molecule has 1 amide bonds. The van der Waals surface area contributed by atoms with Crippen molar-refractivity contribution in [1.82, 2.24) is 14.4 Å².